The minimum absolute atomic E-state index is 0.0556. The van der Waals surface area contributed by atoms with Gasteiger partial charge in [-0.2, -0.15) is 0 Å². The lowest BCUT2D eigenvalue weighted by Gasteiger charge is -2.15. The molecule has 0 aromatic heterocycles. The summed E-state index contributed by atoms with van der Waals surface area (Å²) in [7, 11) is 0. The van der Waals surface area contributed by atoms with Crippen LogP contribution in [0.5, 0.6) is 0 Å². The van der Waals surface area contributed by atoms with Gasteiger partial charge in [-0.15, -0.1) is 0 Å². The number of rotatable bonds is 3. The van der Waals surface area contributed by atoms with E-state index in [0.29, 0.717) is 12.0 Å². The van der Waals surface area contributed by atoms with Crippen molar-refractivity contribution in [3.63, 3.8) is 0 Å². The highest BCUT2D eigenvalue weighted by Crippen LogP contribution is 2.25. The molecule has 3 nitrogen and oxygen atoms in total. The van der Waals surface area contributed by atoms with Gasteiger partial charge in [-0.25, -0.2) is 4.79 Å². The summed E-state index contributed by atoms with van der Waals surface area (Å²) in [6.45, 7) is 7.21. The van der Waals surface area contributed by atoms with E-state index in [0.717, 1.165) is 12.1 Å². The Balaban J connectivity index is 1.88. The molecule has 0 spiro atoms. The molecule has 17 heavy (non-hydrogen) atoms. The lowest BCUT2D eigenvalue weighted by molar-refractivity contribution is 0.222. The number of nitrogens with one attached hydrogen (secondary N) is 1. The molecule has 1 aromatic carbocycles. The topological polar surface area (TPSA) is 32.1 Å². The van der Waals surface area contributed by atoms with Crippen molar-refractivity contribution in [1.82, 2.24) is 10.2 Å². The highest BCUT2D eigenvalue weighted by Gasteiger charge is 2.40. The van der Waals surface area contributed by atoms with Crippen molar-refractivity contribution in [3.05, 3.63) is 35.9 Å². The van der Waals surface area contributed by atoms with Crippen molar-refractivity contribution >= 4 is 6.03 Å². The predicted octanol–water partition coefficient (Wildman–Crippen LogP) is 2.80. The number of amides is 2. The van der Waals surface area contributed by atoms with Crippen molar-refractivity contribution in [2.24, 2.45) is 5.92 Å². The Morgan fingerprint density at radius 3 is 2.47 bits per heavy atom. The Morgan fingerprint density at radius 2 is 1.94 bits per heavy atom. The second-order valence-electron chi connectivity index (χ2n) is 5.05. The number of carbonyl (C=O) groups excluding carboxylic acids is 1. The molecule has 2 amide bonds. The molecule has 3 heteroatoms. The lowest BCUT2D eigenvalue weighted by Crippen LogP contribution is -2.32. The second kappa shape index (κ2) is 4.78. The van der Waals surface area contributed by atoms with Crippen LogP contribution < -0.4 is 5.32 Å². The van der Waals surface area contributed by atoms with Crippen LogP contribution in [0.3, 0.4) is 0 Å². The summed E-state index contributed by atoms with van der Waals surface area (Å²) in [5.74, 6) is 0.549. The lowest BCUT2D eigenvalue weighted by atomic mass is 10.1. The number of carbonyl (C=O) groups is 1. The monoisotopic (exact) mass is 232 g/mol. The van der Waals surface area contributed by atoms with Crippen molar-refractivity contribution in [2.75, 3.05) is 6.54 Å². The molecule has 1 aromatic rings. The van der Waals surface area contributed by atoms with E-state index in [9.17, 15) is 4.79 Å². The van der Waals surface area contributed by atoms with Gasteiger partial charge in [0.25, 0.3) is 0 Å². The van der Waals surface area contributed by atoms with E-state index in [1.54, 1.807) is 0 Å². The van der Waals surface area contributed by atoms with Crippen LogP contribution in [0, 0.1) is 5.92 Å². The third kappa shape index (κ3) is 2.78. The molecule has 1 unspecified atom stereocenters. The van der Waals surface area contributed by atoms with Crippen molar-refractivity contribution in [1.29, 1.82) is 0 Å². The van der Waals surface area contributed by atoms with Crippen LogP contribution in [0.2, 0.25) is 0 Å². The first-order chi connectivity index (χ1) is 8.09. The van der Waals surface area contributed by atoms with Gasteiger partial charge in [-0.05, 0) is 18.4 Å². The molecule has 1 N–H and O–H groups in total. The maximum Gasteiger partial charge on any atom is 0.318 e. The van der Waals surface area contributed by atoms with E-state index < -0.39 is 0 Å². The maximum absolute atomic E-state index is 11.9. The van der Waals surface area contributed by atoms with E-state index in [1.165, 1.54) is 0 Å². The first kappa shape index (κ1) is 12.0. The van der Waals surface area contributed by atoms with Crippen LogP contribution in [0.1, 0.15) is 32.4 Å². The Labute approximate surface area is 103 Å². The first-order valence-electron chi connectivity index (χ1n) is 6.21. The molecule has 0 radical (unpaired) electrons. The van der Waals surface area contributed by atoms with E-state index >= 15 is 0 Å². The first-order valence-corrected chi connectivity index (χ1v) is 6.21. The summed E-state index contributed by atoms with van der Waals surface area (Å²) in [6, 6.07) is 10.6. The summed E-state index contributed by atoms with van der Waals surface area (Å²) < 4.78 is 0. The largest absolute Gasteiger partial charge is 0.331 e. The number of benzene rings is 1. The maximum atomic E-state index is 11.9. The quantitative estimate of drug-likeness (QED) is 0.798. The van der Waals surface area contributed by atoms with Gasteiger partial charge in [-0.1, -0.05) is 44.2 Å². The Hall–Kier alpha value is -1.51. The van der Waals surface area contributed by atoms with E-state index in [1.807, 2.05) is 42.2 Å². The molecular weight excluding hydrogens is 212 g/mol. The van der Waals surface area contributed by atoms with Crippen molar-refractivity contribution < 1.29 is 4.79 Å². The third-order valence-corrected chi connectivity index (χ3v) is 3.32. The summed E-state index contributed by atoms with van der Waals surface area (Å²) in [5, 5.41) is 3.03. The van der Waals surface area contributed by atoms with Gasteiger partial charge in [0.15, 0.2) is 0 Å². The molecule has 1 aliphatic rings. The van der Waals surface area contributed by atoms with Gasteiger partial charge in [0.05, 0.1) is 12.1 Å². The summed E-state index contributed by atoms with van der Waals surface area (Å²) >= 11 is 0. The van der Waals surface area contributed by atoms with Crippen LogP contribution in [0.4, 0.5) is 4.79 Å². The third-order valence-electron chi connectivity index (χ3n) is 3.32. The fourth-order valence-corrected chi connectivity index (χ4v) is 2.05. The zero-order chi connectivity index (χ0) is 12.4. The van der Waals surface area contributed by atoms with Crippen LogP contribution in [0.25, 0.3) is 0 Å². The van der Waals surface area contributed by atoms with Gasteiger partial charge in [0.1, 0.15) is 0 Å². The SMILES string of the molecule is CC(NC(=O)N1C[C@@H]1C(C)C)c1ccccc1. The zero-order valence-electron chi connectivity index (χ0n) is 10.7. The molecule has 0 bridgehead atoms. The molecule has 1 aliphatic heterocycles. The van der Waals surface area contributed by atoms with Crippen LogP contribution in [0.15, 0.2) is 30.3 Å². The summed E-state index contributed by atoms with van der Waals surface area (Å²) in [4.78, 5) is 13.8. The smallest absolute Gasteiger partial charge is 0.318 e. The highest BCUT2D eigenvalue weighted by molar-refractivity contribution is 5.77. The van der Waals surface area contributed by atoms with Gasteiger partial charge in [0.2, 0.25) is 0 Å². The molecule has 1 saturated heterocycles. The van der Waals surface area contributed by atoms with Crippen LogP contribution in [-0.2, 0) is 0 Å². The van der Waals surface area contributed by atoms with Crippen LogP contribution >= 0.6 is 0 Å². The molecular formula is C14H20N2O. The van der Waals surface area contributed by atoms with Gasteiger partial charge < -0.3 is 10.2 Å². The molecule has 0 aliphatic carbocycles. The normalized spacial score (nSPS) is 20.2. The zero-order valence-corrected chi connectivity index (χ0v) is 10.7. The fraction of sp³-hybridized carbons (Fsp3) is 0.500. The average molecular weight is 232 g/mol. The minimum atomic E-state index is 0.0556. The second-order valence-corrected chi connectivity index (χ2v) is 5.05. The number of urea groups is 1. The average Bonchev–Trinajstić information content (AvgIpc) is 3.10. The summed E-state index contributed by atoms with van der Waals surface area (Å²) in [6.07, 6.45) is 0. The van der Waals surface area contributed by atoms with Gasteiger partial charge in [0, 0.05) is 6.54 Å². The number of hydrogen-bond donors (Lipinski definition) is 1. The van der Waals surface area contributed by atoms with Gasteiger partial charge in [-0.3, -0.25) is 0 Å². The Bertz CT molecular complexity index is 388. The van der Waals surface area contributed by atoms with E-state index in [-0.39, 0.29) is 12.1 Å². The number of hydrogen-bond acceptors (Lipinski definition) is 1. The fourth-order valence-electron chi connectivity index (χ4n) is 2.05. The van der Waals surface area contributed by atoms with E-state index in [4.69, 9.17) is 0 Å². The Kier molecular flexibility index (Phi) is 3.36. The number of nitrogens with zero attached hydrogens (tertiary/aromatic N) is 1. The van der Waals surface area contributed by atoms with Crippen LogP contribution in [-0.4, -0.2) is 23.5 Å². The van der Waals surface area contributed by atoms with Crippen molar-refractivity contribution in [2.45, 2.75) is 32.9 Å². The Morgan fingerprint density at radius 1 is 1.29 bits per heavy atom. The molecule has 2 atom stereocenters. The highest BCUT2D eigenvalue weighted by atomic mass is 16.2. The van der Waals surface area contributed by atoms with Gasteiger partial charge >= 0.3 is 6.03 Å². The molecule has 92 valence electrons. The molecule has 0 saturated carbocycles. The summed E-state index contributed by atoms with van der Waals surface area (Å²) in [5.41, 5.74) is 1.14. The van der Waals surface area contributed by atoms with E-state index in [2.05, 4.69) is 19.2 Å². The standard InChI is InChI=1S/C14H20N2O/c1-10(2)13-9-16(13)14(17)15-11(3)12-7-5-4-6-8-12/h4-8,10-11,13H,9H2,1-3H3,(H,15,17)/t11?,13-,16?/m1/s1. The predicted molar refractivity (Wildman–Crippen MR) is 68.7 cm³/mol. The molecule has 1 heterocycles. The molecule has 2 rings (SSSR count). The molecule has 1 fully saturated rings. The minimum Gasteiger partial charge on any atom is -0.331 e. The van der Waals surface area contributed by atoms with Crippen molar-refractivity contribution in [3.8, 4) is 0 Å².